The van der Waals surface area contributed by atoms with Crippen LogP contribution in [-0.4, -0.2) is 45.3 Å². The third kappa shape index (κ3) is 7.22. The lowest BCUT2D eigenvalue weighted by Crippen LogP contribution is -2.35. The van der Waals surface area contributed by atoms with Crippen LogP contribution in [0.1, 0.15) is 49.0 Å². The summed E-state index contributed by atoms with van der Waals surface area (Å²) in [5, 5.41) is 8.72. The predicted octanol–water partition coefficient (Wildman–Crippen LogP) is 4.90. The monoisotopic (exact) mass is 452 g/mol. The highest BCUT2D eigenvalue weighted by Gasteiger charge is 2.22. The molecule has 1 heterocycles. The van der Waals surface area contributed by atoms with Crippen LogP contribution in [0.3, 0.4) is 0 Å². The molecule has 1 fully saturated rings. The van der Waals surface area contributed by atoms with E-state index in [1.807, 2.05) is 36.4 Å². The fourth-order valence-electron chi connectivity index (χ4n) is 4.00. The molecule has 1 saturated heterocycles. The van der Waals surface area contributed by atoms with Crippen molar-refractivity contribution in [2.45, 2.75) is 39.5 Å². The first-order valence-corrected chi connectivity index (χ1v) is 11.8. The van der Waals surface area contributed by atoms with Gasteiger partial charge in [0.2, 0.25) is 0 Å². The number of methoxy groups -OCH3 is 1. The molecule has 0 atom stereocenters. The molecule has 3 N–H and O–H groups in total. The second-order valence-electron chi connectivity index (χ2n) is 8.64. The summed E-state index contributed by atoms with van der Waals surface area (Å²) in [6, 6.07) is 13.0. The third-order valence-corrected chi connectivity index (χ3v) is 6.03. The zero-order valence-corrected chi connectivity index (χ0v) is 19.9. The van der Waals surface area contributed by atoms with Crippen LogP contribution in [0.5, 0.6) is 0 Å². The summed E-state index contributed by atoms with van der Waals surface area (Å²) in [5.74, 6) is 0.558. The smallest absolute Gasteiger partial charge is 0.323 e. The predicted molar refractivity (Wildman–Crippen MR) is 134 cm³/mol. The fourth-order valence-corrected chi connectivity index (χ4v) is 4.00. The summed E-state index contributed by atoms with van der Waals surface area (Å²) in [5.41, 5.74) is 3.96. The standard InChI is InChI=1S/C26H36N4O3/c1-4-20-7-5-8-21(17-20)28-26(32)29-22-9-10-24(30-14-11-19(2)12-15-30)23(18-22)25(31)27-13-6-16-33-3/h5,7-10,17-19H,4,6,11-16H2,1-3H3,(H,27,31)(H2,28,29,32). The third-order valence-electron chi connectivity index (χ3n) is 6.03. The van der Waals surface area contributed by atoms with Gasteiger partial charge in [0.1, 0.15) is 0 Å². The molecular formula is C26H36N4O3. The van der Waals surface area contributed by atoms with Gasteiger partial charge in [0, 0.05) is 50.4 Å². The van der Waals surface area contributed by atoms with E-state index < -0.39 is 0 Å². The Morgan fingerprint density at radius 2 is 1.79 bits per heavy atom. The molecule has 0 bridgehead atoms. The second kappa shape index (κ2) is 12.3. The Hall–Kier alpha value is -3.06. The second-order valence-corrected chi connectivity index (χ2v) is 8.64. The van der Waals surface area contributed by atoms with Gasteiger partial charge in [0.15, 0.2) is 0 Å². The zero-order valence-electron chi connectivity index (χ0n) is 19.9. The number of nitrogens with one attached hydrogen (secondary N) is 3. The van der Waals surface area contributed by atoms with E-state index in [2.05, 4.69) is 34.7 Å². The maximum Gasteiger partial charge on any atom is 0.323 e. The summed E-state index contributed by atoms with van der Waals surface area (Å²) in [6.45, 7) is 7.32. The molecule has 1 aliphatic heterocycles. The number of benzene rings is 2. The quantitative estimate of drug-likeness (QED) is 0.473. The van der Waals surface area contributed by atoms with Crippen molar-refractivity contribution in [3.8, 4) is 0 Å². The van der Waals surface area contributed by atoms with E-state index in [4.69, 9.17) is 4.74 Å². The number of carbonyl (C=O) groups excluding carboxylic acids is 2. The molecule has 2 aromatic rings. The number of hydrogen-bond acceptors (Lipinski definition) is 4. The van der Waals surface area contributed by atoms with Crippen molar-refractivity contribution < 1.29 is 14.3 Å². The number of piperidine rings is 1. The van der Waals surface area contributed by atoms with Crippen LogP contribution in [0.4, 0.5) is 21.9 Å². The lowest BCUT2D eigenvalue weighted by atomic mass is 9.98. The molecule has 0 unspecified atom stereocenters. The first-order valence-electron chi connectivity index (χ1n) is 11.8. The van der Waals surface area contributed by atoms with Crippen LogP contribution >= 0.6 is 0 Å². The number of hydrogen-bond donors (Lipinski definition) is 3. The van der Waals surface area contributed by atoms with Gasteiger partial charge < -0.3 is 25.6 Å². The van der Waals surface area contributed by atoms with Crippen LogP contribution in [0.15, 0.2) is 42.5 Å². The molecule has 1 aliphatic rings. The van der Waals surface area contributed by atoms with Crippen molar-refractivity contribution in [1.29, 1.82) is 0 Å². The van der Waals surface area contributed by atoms with Gasteiger partial charge in [0.25, 0.3) is 5.91 Å². The van der Waals surface area contributed by atoms with E-state index in [1.54, 1.807) is 13.2 Å². The molecule has 0 spiro atoms. The van der Waals surface area contributed by atoms with Gasteiger partial charge in [0.05, 0.1) is 5.56 Å². The van der Waals surface area contributed by atoms with Gasteiger partial charge >= 0.3 is 6.03 Å². The van der Waals surface area contributed by atoms with Crippen LogP contribution in [0, 0.1) is 5.92 Å². The fraction of sp³-hybridized carbons (Fsp3) is 0.462. The zero-order chi connectivity index (χ0) is 23.6. The van der Waals surface area contributed by atoms with Crippen molar-refractivity contribution >= 4 is 29.0 Å². The minimum atomic E-state index is -0.339. The molecule has 0 saturated carbocycles. The molecule has 178 valence electrons. The molecule has 2 aromatic carbocycles. The highest BCUT2D eigenvalue weighted by Crippen LogP contribution is 2.29. The Bertz CT molecular complexity index is 939. The maximum atomic E-state index is 13.0. The van der Waals surface area contributed by atoms with Gasteiger partial charge in [-0.1, -0.05) is 26.0 Å². The van der Waals surface area contributed by atoms with E-state index in [0.717, 1.165) is 55.7 Å². The molecule has 7 heteroatoms. The van der Waals surface area contributed by atoms with Crippen molar-refractivity contribution in [2.24, 2.45) is 5.92 Å². The molecular weight excluding hydrogens is 416 g/mol. The van der Waals surface area contributed by atoms with E-state index in [-0.39, 0.29) is 11.9 Å². The largest absolute Gasteiger partial charge is 0.385 e. The Morgan fingerprint density at radius 1 is 1.06 bits per heavy atom. The molecule has 0 aromatic heterocycles. The summed E-state index contributed by atoms with van der Waals surface area (Å²) >= 11 is 0. The number of urea groups is 1. The number of anilines is 3. The summed E-state index contributed by atoms with van der Waals surface area (Å²) in [6.07, 6.45) is 3.86. The van der Waals surface area contributed by atoms with E-state index in [1.165, 1.54) is 0 Å². The minimum Gasteiger partial charge on any atom is -0.385 e. The van der Waals surface area contributed by atoms with Crippen LogP contribution < -0.4 is 20.9 Å². The first-order chi connectivity index (χ1) is 16.0. The number of amides is 3. The number of rotatable bonds is 9. The number of ether oxygens (including phenoxy) is 1. The van der Waals surface area contributed by atoms with Crippen molar-refractivity contribution in [3.05, 3.63) is 53.6 Å². The number of carbonyl (C=O) groups is 2. The lowest BCUT2D eigenvalue weighted by Gasteiger charge is -2.33. The Kier molecular flexibility index (Phi) is 9.13. The lowest BCUT2D eigenvalue weighted by molar-refractivity contribution is 0.0949. The Morgan fingerprint density at radius 3 is 2.48 bits per heavy atom. The average molecular weight is 453 g/mol. The van der Waals surface area contributed by atoms with Crippen LogP contribution in [-0.2, 0) is 11.2 Å². The first kappa shape index (κ1) is 24.6. The van der Waals surface area contributed by atoms with Gasteiger partial charge in [-0.15, -0.1) is 0 Å². The molecule has 0 aliphatic carbocycles. The average Bonchev–Trinajstić information content (AvgIpc) is 2.82. The van der Waals surface area contributed by atoms with Crippen LogP contribution in [0.2, 0.25) is 0 Å². The normalized spacial score (nSPS) is 14.1. The Balaban J connectivity index is 1.74. The van der Waals surface area contributed by atoms with E-state index in [9.17, 15) is 9.59 Å². The van der Waals surface area contributed by atoms with Crippen molar-refractivity contribution in [2.75, 3.05) is 48.9 Å². The Labute approximate surface area is 196 Å². The van der Waals surface area contributed by atoms with Gasteiger partial charge in [-0.25, -0.2) is 4.79 Å². The molecule has 3 amide bonds. The maximum absolute atomic E-state index is 13.0. The van der Waals surface area contributed by atoms with Gasteiger partial charge in [-0.05, 0) is 67.5 Å². The van der Waals surface area contributed by atoms with E-state index >= 15 is 0 Å². The highest BCUT2D eigenvalue weighted by atomic mass is 16.5. The molecule has 3 rings (SSSR count). The van der Waals surface area contributed by atoms with Crippen molar-refractivity contribution in [1.82, 2.24) is 5.32 Å². The SMILES string of the molecule is CCc1cccc(NC(=O)Nc2ccc(N3CCC(C)CC3)c(C(=O)NCCCOC)c2)c1. The molecule has 33 heavy (non-hydrogen) atoms. The molecule has 0 radical (unpaired) electrons. The van der Waals surface area contributed by atoms with Gasteiger partial charge in [-0.2, -0.15) is 0 Å². The molecule has 7 nitrogen and oxygen atoms in total. The van der Waals surface area contributed by atoms with Crippen molar-refractivity contribution in [3.63, 3.8) is 0 Å². The highest BCUT2D eigenvalue weighted by molar-refractivity contribution is 6.04. The van der Waals surface area contributed by atoms with Gasteiger partial charge in [-0.3, -0.25) is 4.79 Å². The summed E-state index contributed by atoms with van der Waals surface area (Å²) in [7, 11) is 1.65. The number of aryl methyl sites for hydroxylation is 1. The summed E-state index contributed by atoms with van der Waals surface area (Å²) < 4.78 is 5.07. The minimum absolute atomic E-state index is 0.139. The number of nitrogens with zero attached hydrogens (tertiary/aromatic N) is 1. The topological polar surface area (TPSA) is 82.7 Å². The summed E-state index contributed by atoms with van der Waals surface area (Å²) in [4.78, 5) is 27.9. The van der Waals surface area contributed by atoms with Crippen LogP contribution in [0.25, 0.3) is 0 Å². The van der Waals surface area contributed by atoms with E-state index in [0.29, 0.717) is 30.3 Å².